The molecule has 0 unspecified atom stereocenters. The lowest BCUT2D eigenvalue weighted by Crippen LogP contribution is -2.29. The first-order chi connectivity index (χ1) is 12.0. The van der Waals surface area contributed by atoms with E-state index in [4.69, 9.17) is 27.9 Å². The number of halogens is 2. The van der Waals surface area contributed by atoms with Gasteiger partial charge in [0.05, 0.1) is 12.1 Å². The van der Waals surface area contributed by atoms with Gasteiger partial charge in [-0.1, -0.05) is 35.3 Å². The number of anilines is 1. The lowest BCUT2D eigenvalue weighted by molar-refractivity contribution is -0.126. The Morgan fingerprint density at radius 3 is 2.56 bits per heavy atom. The molecule has 0 saturated heterocycles. The van der Waals surface area contributed by atoms with Crippen LogP contribution < -0.4 is 15.4 Å². The molecule has 2 rings (SSSR count). The number of methoxy groups -OCH3 is 1. The van der Waals surface area contributed by atoms with Crippen LogP contribution in [-0.2, 0) is 16.0 Å². The number of hydrogen-bond acceptors (Lipinski definition) is 3. The standard InChI is InChI=1S/C18H18Cl2N2O3/c1-25-16-6-5-14(10-15(16)20)22-18(24)11-17(23)21-8-7-12-3-2-4-13(19)9-12/h2-6,9-10H,7-8,11H2,1H3,(H,21,23)(H,22,24). The molecule has 0 aromatic heterocycles. The molecule has 0 bridgehead atoms. The van der Waals surface area contributed by atoms with Gasteiger partial charge in [0.2, 0.25) is 11.8 Å². The van der Waals surface area contributed by atoms with Crippen LogP contribution in [0.1, 0.15) is 12.0 Å². The van der Waals surface area contributed by atoms with Gasteiger partial charge in [0.1, 0.15) is 12.2 Å². The molecule has 25 heavy (non-hydrogen) atoms. The topological polar surface area (TPSA) is 67.4 Å². The third-order valence-corrected chi connectivity index (χ3v) is 3.91. The van der Waals surface area contributed by atoms with E-state index in [1.54, 1.807) is 24.3 Å². The Kier molecular flexibility index (Phi) is 7.10. The van der Waals surface area contributed by atoms with Gasteiger partial charge in [0.25, 0.3) is 0 Å². The van der Waals surface area contributed by atoms with E-state index in [1.807, 2.05) is 18.2 Å². The molecule has 0 radical (unpaired) electrons. The molecule has 0 atom stereocenters. The van der Waals surface area contributed by atoms with Gasteiger partial charge in [0, 0.05) is 17.3 Å². The highest BCUT2D eigenvalue weighted by atomic mass is 35.5. The van der Waals surface area contributed by atoms with Crippen molar-refractivity contribution in [2.75, 3.05) is 19.0 Å². The summed E-state index contributed by atoms with van der Waals surface area (Å²) in [6.45, 7) is 0.431. The van der Waals surface area contributed by atoms with Crippen molar-refractivity contribution in [1.29, 1.82) is 0 Å². The number of amides is 2. The quantitative estimate of drug-likeness (QED) is 0.719. The summed E-state index contributed by atoms with van der Waals surface area (Å²) >= 11 is 11.9. The largest absolute Gasteiger partial charge is 0.495 e. The fraction of sp³-hybridized carbons (Fsp3) is 0.222. The number of nitrogens with one attached hydrogen (secondary N) is 2. The van der Waals surface area contributed by atoms with Crippen molar-refractivity contribution in [3.05, 3.63) is 58.1 Å². The molecular weight excluding hydrogens is 363 g/mol. The smallest absolute Gasteiger partial charge is 0.233 e. The van der Waals surface area contributed by atoms with Crippen molar-refractivity contribution in [2.24, 2.45) is 0 Å². The van der Waals surface area contributed by atoms with Crippen LogP contribution in [-0.4, -0.2) is 25.5 Å². The molecule has 0 saturated carbocycles. The molecule has 0 aliphatic rings. The number of ether oxygens (including phenoxy) is 1. The zero-order valence-corrected chi connectivity index (χ0v) is 15.2. The second kappa shape index (κ2) is 9.30. The van der Waals surface area contributed by atoms with Gasteiger partial charge in [-0.15, -0.1) is 0 Å². The monoisotopic (exact) mass is 380 g/mol. The van der Waals surface area contributed by atoms with E-state index in [0.717, 1.165) is 5.56 Å². The molecule has 7 heteroatoms. The second-order valence-electron chi connectivity index (χ2n) is 5.30. The molecule has 2 aromatic carbocycles. The molecule has 2 amide bonds. The van der Waals surface area contributed by atoms with Crippen molar-refractivity contribution in [3.8, 4) is 5.75 Å². The SMILES string of the molecule is COc1ccc(NC(=O)CC(=O)NCCc2cccc(Cl)c2)cc1Cl. The average Bonchev–Trinajstić information content (AvgIpc) is 2.55. The van der Waals surface area contributed by atoms with Crippen LogP contribution >= 0.6 is 23.2 Å². The fourth-order valence-corrected chi connectivity index (χ4v) is 2.67. The molecular formula is C18H18Cl2N2O3. The Balaban J connectivity index is 1.76. The molecule has 0 aliphatic heterocycles. The Hall–Kier alpha value is -2.24. The minimum Gasteiger partial charge on any atom is -0.495 e. The molecule has 132 valence electrons. The zero-order valence-electron chi connectivity index (χ0n) is 13.6. The van der Waals surface area contributed by atoms with Crippen LogP contribution in [0.15, 0.2) is 42.5 Å². The van der Waals surface area contributed by atoms with Crippen molar-refractivity contribution in [2.45, 2.75) is 12.8 Å². The summed E-state index contributed by atoms with van der Waals surface area (Å²) in [7, 11) is 1.51. The molecule has 0 spiro atoms. The first-order valence-corrected chi connectivity index (χ1v) is 8.38. The normalized spacial score (nSPS) is 10.2. The lowest BCUT2D eigenvalue weighted by atomic mass is 10.1. The summed E-state index contributed by atoms with van der Waals surface area (Å²) in [5, 5.41) is 6.37. The third kappa shape index (κ3) is 6.29. The van der Waals surface area contributed by atoms with Crippen LogP contribution in [0.2, 0.25) is 10.0 Å². The van der Waals surface area contributed by atoms with E-state index in [0.29, 0.717) is 34.4 Å². The summed E-state index contributed by atoms with van der Waals surface area (Å²) in [6, 6.07) is 12.3. The minimum absolute atomic E-state index is 0.265. The van der Waals surface area contributed by atoms with Gasteiger partial charge in [-0.25, -0.2) is 0 Å². The molecule has 2 aromatic rings. The Bertz CT molecular complexity index is 766. The number of benzene rings is 2. The Morgan fingerprint density at radius 2 is 1.88 bits per heavy atom. The van der Waals surface area contributed by atoms with Crippen LogP contribution in [0.4, 0.5) is 5.69 Å². The predicted molar refractivity (Wildman–Crippen MR) is 99.4 cm³/mol. The van der Waals surface area contributed by atoms with Crippen LogP contribution in [0, 0.1) is 0 Å². The fourth-order valence-electron chi connectivity index (χ4n) is 2.20. The van der Waals surface area contributed by atoms with E-state index < -0.39 is 5.91 Å². The van der Waals surface area contributed by atoms with Gasteiger partial charge < -0.3 is 15.4 Å². The van der Waals surface area contributed by atoms with Gasteiger partial charge in [-0.05, 0) is 42.3 Å². The zero-order chi connectivity index (χ0) is 18.2. The molecule has 2 N–H and O–H groups in total. The maximum atomic E-state index is 11.9. The summed E-state index contributed by atoms with van der Waals surface area (Å²) in [6.07, 6.45) is 0.376. The first-order valence-electron chi connectivity index (χ1n) is 7.62. The predicted octanol–water partition coefficient (Wildman–Crippen LogP) is 3.69. The number of carbonyl (C=O) groups is 2. The minimum atomic E-state index is -0.415. The number of carbonyl (C=O) groups excluding carboxylic acids is 2. The van der Waals surface area contributed by atoms with Crippen molar-refractivity contribution >= 4 is 40.7 Å². The Morgan fingerprint density at radius 1 is 1.08 bits per heavy atom. The summed E-state index contributed by atoms with van der Waals surface area (Å²) in [5.41, 5.74) is 1.52. The van der Waals surface area contributed by atoms with E-state index in [2.05, 4.69) is 10.6 Å². The summed E-state index contributed by atoms with van der Waals surface area (Å²) in [5.74, 6) is -0.251. The van der Waals surface area contributed by atoms with Crippen LogP contribution in [0.5, 0.6) is 5.75 Å². The average molecular weight is 381 g/mol. The van der Waals surface area contributed by atoms with Crippen molar-refractivity contribution in [1.82, 2.24) is 5.32 Å². The Labute approximate surface area is 156 Å². The highest BCUT2D eigenvalue weighted by molar-refractivity contribution is 6.32. The maximum absolute atomic E-state index is 11.9. The third-order valence-electron chi connectivity index (χ3n) is 3.38. The molecule has 0 aliphatic carbocycles. The first kappa shape index (κ1) is 19.1. The van der Waals surface area contributed by atoms with E-state index >= 15 is 0 Å². The van der Waals surface area contributed by atoms with Crippen LogP contribution in [0.25, 0.3) is 0 Å². The van der Waals surface area contributed by atoms with Gasteiger partial charge in [-0.3, -0.25) is 9.59 Å². The maximum Gasteiger partial charge on any atom is 0.233 e. The second-order valence-corrected chi connectivity index (χ2v) is 6.15. The van der Waals surface area contributed by atoms with Crippen molar-refractivity contribution < 1.29 is 14.3 Å². The number of hydrogen-bond donors (Lipinski definition) is 2. The van der Waals surface area contributed by atoms with Gasteiger partial charge in [-0.2, -0.15) is 0 Å². The molecule has 0 heterocycles. The highest BCUT2D eigenvalue weighted by Crippen LogP contribution is 2.27. The van der Waals surface area contributed by atoms with Crippen molar-refractivity contribution in [3.63, 3.8) is 0 Å². The van der Waals surface area contributed by atoms with Crippen LogP contribution in [0.3, 0.4) is 0 Å². The van der Waals surface area contributed by atoms with E-state index in [1.165, 1.54) is 7.11 Å². The number of rotatable bonds is 7. The van der Waals surface area contributed by atoms with E-state index in [-0.39, 0.29) is 12.3 Å². The van der Waals surface area contributed by atoms with Gasteiger partial charge >= 0.3 is 0 Å². The summed E-state index contributed by atoms with van der Waals surface area (Å²) in [4.78, 5) is 23.7. The lowest BCUT2D eigenvalue weighted by Gasteiger charge is -2.09. The highest BCUT2D eigenvalue weighted by Gasteiger charge is 2.10. The molecule has 5 nitrogen and oxygen atoms in total. The van der Waals surface area contributed by atoms with Gasteiger partial charge in [0.15, 0.2) is 0 Å². The van der Waals surface area contributed by atoms with E-state index in [9.17, 15) is 9.59 Å². The summed E-state index contributed by atoms with van der Waals surface area (Å²) < 4.78 is 5.04. The molecule has 0 fully saturated rings.